The highest BCUT2D eigenvalue weighted by Crippen LogP contribution is 2.41. The Kier molecular flexibility index (Phi) is 5.31. The molecule has 3 aliphatic heterocycles. The molecule has 5 rings (SSSR count). The van der Waals surface area contributed by atoms with Gasteiger partial charge in [-0.2, -0.15) is 5.10 Å². The summed E-state index contributed by atoms with van der Waals surface area (Å²) in [7, 11) is 0. The first-order valence-electron chi connectivity index (χ1n) is 10.6. The summed E-state index contributed by atoms with van der Waals surface area (Å²) < 4.78 is 13.6. The van der Waals surface area contributed by atoms with Crippen LogP contribution < -0.4 is 4.74 Å². The monoisotopic (exact) mass is 430 g/mol. The quantitative estimate of drug-likeness (QED) is 0.748. The zero-order valence-corrected chi connectivity index (χ0v) is 18.0. The van der Waals surface area contributed by atoms with Crippen molar-refractivity contribution in [2.24, 2.45) is 4.99 Å². The van der Waals surface area contributed by atoms with Crippen LogP contribution in [0.4, 0.5) is 5.82 Å². The number of hydrogen-bond donors (Lipinski definition) is 1. The number of aliphatic imine (C=N–C) groups is 1. The number of ether oxygens (including phenoxy) is 2. The molecule has 1 fully saturated rings. The molecule has 3 unspecified atom stereocenters. The van der Waals surface area contributed by atoms with E-state index in [1.54, 1.807) is 0 Å². The maximum absolute atomic E-state index is 11.2. The Hall–Kier alpha value is -1.93. The van der Waals surface area contributed by atoms with Crippen LogP contribution in [0.2, 0.25) is 0 Å². The number of nitrogens with zero attached hydrogens (tertiary/aromatic N) is 4. The van der Waals surface area contributed by atoms with E-state index in [0.29, 0.717) is 13.1 Å². The van der Waals surface area contributed by atoms with Crippen molar-refractivity contribution in [3.05, 3.63) is 41.1 Å². The minimum absolute atomic E-state index is 0.0664. The molecular weight excluding hydrogens is 404 g/mol. The number of alkyl halides is 1. The molecule has 8 heteroatoms. The maximum atomic E-state index is 11.2. The van der Waals surface area contributed by atoms with Gasteiger partial charge in [0.15, 0.2) is 5.82 Å². The standard InChI is InChI=1S/C22H27ClN4O3/c1-13-20(23)14(2)27-21(24-13)17-11-26(12-18(17)25-27)22(28)16-5-3-4-6-19(16)30-15-7-9-29-10-8-15/h3-6,14-15,20,22,28H,7-12H2,1-2H3. The summed E-state index contributed by atoms with van der Waals surface area (Å²) in [5, 5.41) is 15.8. The van der Waals surface area contributed by atoms with Gasteiger partial charge in [0.05, 0.1) is 30.3 Å². The number of para-hydroxylation sites is 1. The van der Waals surface area contributed by atoms with E-state index in [0.717, 1.165) is 60.2 Å². The molecule has 0 amide bonds. The van der Waals surface area contributed by atoms with Crippen LogP contribution in [0.15, 0.2) is 29.3 Å². The van der Waals surface area contributed by atoms with Crippen molar-refractivity contribution in [2.45, 2.75) is 63.5 Å². The first-order chi connectivity index (χ1) is 14.5. The highest BCUT2D eigenvalue weighted by atomic mass is 35.5. The first kappa shape index (κ1) is 20.0. The third-order valence-corrected chi connectivity index (χ3v) is 6.95. The van der Waals surface area contributed by atoms with Gasteiger partial charge < -0.3 is 14.6 Å². The number of benzene rings is 1. The molecular formula is C22H27ClN4O3. The van der Waals surface area contributed by atoms with Crippen molar-refractivity contribution < 1.29 is 14.6 Å². The summed E-state index contributed by atoms with van der Waals surface area (Å²) in [6, 6.07) is 7.81. The molecule has 160 valence electrons. The molecule has 30 heavy (non-hydrogen) atoms. The Morgan fingerprint density at radius 3 is 2.80 bits per heavy atom. The molecule has 1 N–H and O–H groups in total. The normalized spacial score (nSPS) is 25.5. The number of hydrogen-bond acceptors (Lipinski definition) is 6. The third-order valence-electron chi connectivity index (χ3n) is 6.27. The van der Waals surface area contributed by atoms with E-state index < -0.39 is 6.23 Å². The number of aromatic nitrogens is 2. The molecule has 0 saturated carbocycles. The average molecular weight is 431 g/mol. The van der Waals surface area contributed by atoms with E-state index in [-0.39, 0.29) is 17.5 Å². The lowest BCUT2D eigenvalue weighted by molar-refractivity contribution is -0.00922. The molecule has 3 aliphatic rings. The van der Waals surface area contributed by atoms with Gasteiger partial charge in [-0.1, -0.05) is 18.2 Å². The van der Waals surface area contributed by atoms with Gasteiger partial charge in [-0.25, -0.2) is 9.67 Å². The second kappa shape index (κ2) is 7.96. The van der Waals surface area contributed by atoms with Gasteiger partial charge in [-0.3, -0.25) is 4.90 Å². The average Bonchev–Trinajstić information content (AvgIpc) is 3.32. The van der Waals surface area contributed by atoms with Gasteiger partial charge >= 0.3 is 0 Å². The van der Waals surface area contributed by atoms with Crippen molar-refractivity contribution in [3.63, 3.8) is 0 Å². The fourth-order valence-corrected chi connectivity index (χ4v) is 4.65. The lowest BCUT2D eigenvalue weighted by Gasteiger charge is -2.29. The number of aliphatic hydroxyl groups excluding tert-OH is 1. The largest absolute Gasteiger partial charge is 0.490 e. The molecule has 3 atom stereocenters. The van der Waals surface area contributed by atoms with Gasteiger partial charge in [-0.15, -0.1) is 11.6 Å². The maximum Gasteiger partial charge on any atom is 0.155 e. The molecule has 7 nitrogen and oxygen atoms in total. The predicted octanol–water partition coefficient (Wildman–Crippen LogP) is 3.72. The molecule has 0 aliphatic carbocycles. The van der Waals surface area contributed by atoms with Crippen LogP contribution in [0, 0.1) is 0 Å². The summed E-state index contributed by atoms with van der Waals surface area (Å²) >= 11 is 6.46. The highest BCUT2D eigenvalue weighted by Gasteiger charge is 2.36. The third kappa shape index (κ3) is 3.43. The van der Waals surface area contributed by atoms with E-state index in [9.17, 15) is 5.11 Å². The van der Waals surface area contributed by atoms with E-state index in [1.165, 1.54) is 0 Å². The van der Waals surface area contributed by atoms with E-state index in [1.807, 2.05) is 40.8 Å². The van der Waals surface area contributed by atoms with E-state index in [2.05, 4.69) is 6.92 Å². The summed E-state index contributed by atoms with van der Waals surface area (Å²) in [4.78, 5) is 6.72. The van der Waals surface area contributed by atoms with Gasteiger partial charge in [-0.05, 0) is 19.9 Å². The number of fused-ring (bicyclic) bond motifs is 3. The van der Waals surface area contributed by atoms with Gasteiger partial charge in [0.25, 0.3) is 0 Å². The number of aliphatic hydroxyl groups is 1. The van der Waals surface area contributed by atoms with Crippen LogP contribution in [0.5, 0.6) is 5.75 Å². The first-order valence-corrected chi connectivity index (χ1v) is 11.0. The summed E-state index contributed by atoms with van der Waals surface area (Å²) in [5.41, 5.74) is 3.73. The van der Waals surface area contributed by atoms with Crippen molar-refractivity contribution >= 4 is 23.1 Å². The fraction of sp³-hybridized carbons (Fsp3) is 0.545. The Morgan fingerprint density at radius 2 is 2.00 bits per heavy atom. The lowest BCUT2D eigenvalue weighted by atomic mass is 10.1. The zero-order valence-electron chi connectivity index (χ0n) is 17.3. The fourth-order valence-electron chi connectivity index (χ4n) is 4.49. The van der Waals surface area contributed by atoms with Crippen molar-refractivity contribution in [1.29, 1.82) is 0 Å². The minimum atomic E-state index is -0.775. The Morgan fingerprint density at radius 1 is 1.23 bits per heavy atom. The molecule has 0 spiro atoms. The molecule has 0 radical (unpaired) electrons. The SMILES string of the molecule is CC1=Nc2c3c(nn2C(C)C1Cl)CN(C(O)c1ccccc1OC1CCOCC1)C3. The second-order valence-electron chi connectivity index (χ2n) is 8.34. The molecule has 1 aromatic carbocycles. The highest BCUT2D eigenvalue weighted by molar-refractivity contribution is 6.32. The Bertz CT molecular complexity index is 969. The lowest BCUT2D eigenvalue weighted by Crippen LogP contribution is -2.30. The van der Waals surface area contributed by atoms with Crippen LogP contribution >= 0.6 is 11.6 Å². The molecule has 1 aromatic heterocycles. The summed E-state index contributed by atoms with van der Waals surface area (Å²) in [6.07, 6.45) is 1.09. The number of halogens is 1. The second-order valence-corrected chi connectivity index (χ2v) is 8.81. The van der Waals surface area contributed by atoms with Crippen molar-refractivity contribution in [2.75, 3.05) is 13.2 Å². The zero-order chi connectivity index (χ0) is 20.8. The van der Waals surface area contributed by atoms with Crippen LogP contribution in [0.25, 0.3) is 0 Å². The van der Waals surface area contributed by atoms with Crippen LogP contribution in [0.1, 0.15) is 55.8 Å². The molecule has 2 aromatic rings. The van der Waals surface area contributed by atoms with Gasteiger partial charge in [0.2, 0.25) is 0 Å². The van der Waals surface area contributed by atoms with Crippen LogP contribution in [-0.2, 0) is 17.8 Å². The molecule has 1 saturated heterocycles. The Labute approximate surface area is 181 Å². The Balaban J connectivity index is 1.37. The van der Waals surface area contributed by atoms with Crippen LogP contribution in [0.3, 0.4) is 0 Å². The van der Waals surface area contributed by atoms with Gasteiger partial charge in [0.1, 0.15) is 18.1 Å². The predicted molar refractivity (Wildman–Crippen MR) is 114 cm³/mol. The number of rotatable bonds is 4. The minimum Gasteiger partial charge on any atom is -0.490 e. The van der Waals surface area contributed by atoms with E-state index in [4.69, 9.17) is 31.2 Å². The van der Waals surface area contributed by atoms with Crippen molar-refractivity contribution in [1.82, 2.24) is 14.7 Å². The summed E-state index contributed by atoms with van der Waals surface area (Å²) in [5.74, 6) is 1.61. The smallest absolute Gasteiger partial charge is 0.155 e. The van der Waals surface area contributed by atoms with Gasteiger partial charge in [0, 0.05) is 42.8 Å². The molecule has 4 heterocycles. The molecule has 0 bridgehead atoms. The van der Waals surface area contributed by atoms with Crippen LogP contribution in [-0.4, -0.2) is 50.2 Å². The summed E-state index contributed by atoms with van der Waals surface area (Å²) in [6.45, 7) is 6.62. The van der Waals surface area contributed by atoms with E-state index >= 15 is 0 Å². The van der Waals surface area contributed by atoms with Crippen molar-refractivity contribution in [3.8, 4) is 5.75 Å². The topological polar surface area (TPSA) is 72.1 Å².